The number of fused-ring (bicyclic) bond motifs is 5. The Morgan fingerprint density at radius 3 is 2.58 bits per heavy atom. The molecule has 0 spiro atoms. The predicted molar refractivity (Wildman–Crippen MR) is 133 cm³/mol. The van der Waals surface area contributed by atoms with E-state index in [-0.39, 0.29) is 30.0 Å². The summed E-state index contributed by atoms with van der Waals surface area (Å²) in [6, 6.07) is 2.96. The van der Waals surface area contributed by atoms with Gasteiger partial charge < -0.3 is 13.7 Å². The maximum absolute atomic E-state index is 17.6. The topological polar surface area (TPSA) is 82.8 Å². The molecule has 3 unspecified atom stereocenters. The molecule has 36 heavy (non-hydrogen) atoms. The number of ketones is 1. The summed E-state index contributed by atoms with van der Waals surface area (Å²) in [6.07, 6.45) is 2.74. The van der Waals surface area contributed by atoms with Crippen LogP contribution in [0, 0.1) is 28.6 Å². The quantitative estimate of drug-likeness (QED) is 0.330. The molecule has 10 atom stereocenters. The first-order valence-electron chi connectivity index (χ1n) is 12.0. The number of alkyl halides is 2. The van der Waals surface area contributed by atoms with Crippen LogP contribution in [-0.4, -0.2) is 40.4 Å². The molecule has 4 aliphatic carbocycles. The second kappa shape index (κ2) is 8.34. The molecule has 10 heteroatoms. The van der Waals surface area contributed by atoms with E-state index < -0.39 is 63.2 Å². The van der Waals surface area contributed by atoms with Crippen molar-refractivity contribution in [1.29, 1.82) is 0 Å². The fourth-order valence-electron chi connectivity index (χ4n) is 7.94. The maximum atomic E-state index is 17.6. The Morgan fingerprint density at radius 2 is 1.97 bits per heavy atom. The molecular formula is C26H29F2O6PS. The summed E-state index contributed by atoms with van der Waals surface area (Å²) in [5.74, 6) is -3.22. The van der Waals surface area contributed by atoms with Crippen LogP contribution >= 0.6 is 22.1 Å². The van der Waals surface area contributed by atoms with Gasteiger partial charge in [-0.15, -0.1) is 12.6 Å². The van der Waals surface area contributed by atoms with Gasteiger partial charge in [0.05, 0.1) is 12.4 Å². The third-order valence-corrected chi connectivity index (χ3v) is 10.3. The summed E-state index contributed by atoms with van der Waals surface area (Å²) >= 11 is 4.18. The highest BCUT2D eigenvalue weighted by Crippen LogP contribution is 2.72. The molecule has 0 aliphatic heterocycles. The molecule has 194 valence electrons. The Morgan fingerprint density at radius 1 is 1.25 bits per heavy atom. The van der Waals surface area contributed by atoms with E-state index in [1.165, 1.54) is 36.6 Å². The van der Waals surface area contributed by atoms with Crippen LogP contribution in [-0.2, 0) is 18.8 Å². The predicted octanol–water partition coefficient (Wildman–Crippen LogP) is 5.01. The second-order valence-corrected chi connectivity index (χ2v) is 11.7. The molecule has 0 saturated heterocycles. The standard InChI is InChI=1S/C26H29F2O6PS/c1-13-9-15-16-11-18(27)17-10-14(29)6-7-23(17,2)25(16,28)20(34-35)12-24(15,3)26(13,22(31)36)33-21(30)19-5-4-8-32-19/h4-8,10,13,15-16,18,20H,9,11-12,35H2,1-3H3,(H,31,36)/t13-,15?,16?,18+,20+,23+,24+,25+,26+/m1/s1. The van der Waals surface area contributed by atoms with Gasteiger partial charge in [0.15, 0.2) is 17.1 Å². The molecule has 4 aliphatic rings. The summed E-state index contributed by atoms with van der Waals surface area (Å²) in [5, 5.41) is -0.656. The lowest BCUT2D eigenvalue weighted by atomic mass is 9.44. The summed E-state index contributed by atoms with van der Waals surface area (Å²) in [4.78, 5) is 38.4. The smallest absolute Gasteiger partial charge is 0.375 e. The van der Waals surface area contributed by atoms with Gasteiger partial charge in [-0.05, 0) is 62.0 Å². The molecule has 5 rings (SSSR count). The van der Waals surface area contributed by atoms with Gasteiger partial charge in [0.25, 0.3) is 0 Å². The minimum Gasteiger partial charge on any atom is -0.457 e. The molecule has 0 amide bonds. The van der Waals surface area contributed by atoms with Crippen LogP contribution in [0.3, 0.4) is 0 Å². The highest BCUT2D eigenvalue weighted by Gasteiger charge is 2.78. The lowest BCUT2D eigenvalue weighted by Gasteiger charge is -2.63. The Balaban J connectivity index is 1.65. The van der Waals surface area contributed by atoms with Gasteiger partial charge in [0.2, 0.25) is 10.9 Å². The molecule has 3 saturated carbocycles. The van der Waals surface area contributed by atoms with Crippen molar-refractivity contribution < 1.29 is 36.8 Å². The van der Waals surface area contributed by atoms with E-state index in [9.17, 15) is 14.4 Å². The van der Waals surface area contributed by atoms with Crippen molar-refractivity contribution in [3.63, 3.8) is 0 Å². The van der Waals surface area contributed by atoms with E-state index >= 15 is 8.78 Å². The van der Waals surface area contributed by atoms with Gasteiger partial charge in [0, 0.05) is 32.1 Å². The van der Waals surface area contributed by atoms with Crippen molar-refractivity contribution in [3.05, 3.63) is 48.0 Å². The highest BCUT2D eigenvalue weighted by atomic mass is 32.1. The number of hydrogen-bond donors (Lipinski definition) is 1. The van der Waals surface area contributed by atoms with Crippen molar-refractivity contribution in [1.82, 2.24) is 0 Å². The molecule has 0 bridgehead atoms. The van der Waals surface area contributed by atoms with Gasteiger partial charge >= 0.3 is 5.97 Å². The minimum atomic E-state index is -2.08. The molecule has 0 radical (unpaired) electrons. The molecule has 1 aromatic heterocycles. The van der Waals surface area contributed by atoms with Crippen molar-refractivity contribution in [2.24, 2.45) is 28.6 Å². The molecule has 1 heterocycles. The number of hydrogen-bond acceptors (Lipinski definition) is 6. The van der Waals surface area contributed by atoms with E-state index in [0.717, 1.165) is 0 Å². The molecule has 3 fully saturated rings. The van der Waals surface area contributed by atoms with Crippen LogP contribution in [0.5, 0.6) is 0 Å². The number of furan rings is 1. The summed E-state index contributed by atoms with van der Waals surface area (Å²) in [6.45, 7) is 5.15. The fraction of sp³-hybridized carbons (Fsp3) is 0.577. The monoisotopic (exact) mass is 538 g/mol. The van der Waals surface area contributed by atoms with E-state index in [2.05, 4.69) is 22.1 Å². The van der Waals surface area contributed by atoms with E-state index in [1.54, 1.807) is 20.8 Å². The van der Waals surface area contributed by atoms with Gasteiger partial charge in [-0.2, -0.15) is 0 Å². The van der Waals surface area contributed by atoms with E-state index in [1.807, 2.05) is 0 Å². The number of carbonyl (C=O) groups is 3. The summed E-state index contributed by atoms with van der Waals surface area (Å²) in [5.41, 5.74) is -6.22. The Kier molecular flexibility index (Phi) is 5.98. The second-order valence-electron chi connectivity index (χ2n) is 11.0. The summed E-state index contributed by atoms with van der Waals surface area (Å²) < 4.78 is 50.2. The molecule has 0 N–H and O–H groups in total. The number of allylic oxidation sites excluding steroid dienone is 4. The average molecular weight is 539 g/mol. The molecule has 6 nitrogen and oxygen atoms in total. The van der Waals surface area contributed by atoms with Crippen LogP contribution < -0.4 is 0 Å². The van der Waals surface area contributed by atoms with Crippen molar-refractivity contribution in [3.8, 4) is 0 Å². The zero-order valence-electron chi connectivity index (χ0n) is 20.2. The van der Waals surface area contributed by atoms with Crippen LogP contribution in [0.4, 0.5) is 8.78 Å². The Bertz CT molecular complexity index is 1190. The lowest BCUT2D eigenvalue weighted by Crippen LogP contribution is -2.70. The van der Waals surface area contributed by atoms with Crippen LogP contribution in [0.1, 0.15) is 50.6 Å². The van der Waals surface area contributed by atoms with Crippen LogP contribution in [0.2, 0.25) is 0 Å². The average Bonchev–Trinajstić information content (AvgIpc) is 3.43. The van der Waals surface area contributed by atoms with Crippen molar-refractivity contribution in [2.75, 3.05) is 0 Å². The Hall–Kier alpha value is -1.83. The van der Waals surface area contributed by atoms with Gasteiger partial charge in [-0.3, -0.25) is 9.59 Å². The fourth-order valence-corrected chi connectivity index (χ4v) is 8.76. The van der Waals surface area contributed by atoms with Crippen LogP contribution in [0.15, 0.2) is 46.6 Å². The van der Waals surface area contributed by atoms with Gasteiger partial charge in [-0.1, -0.05) is 19.9 Å². The number of halogens is 2. The first-order valence-corrected chi connectivity index (χ1v) is 12.9. The third-order valence-electron chi connectivity index (χ3n) is 9.60. The van der Waals surface area contributed by atoms with Crippen molar-refractivity contribution >= 4 is 39.0 Å². The number of thiol groups is 1. The normalized spacial score (nSPS) is 45.4. The Labute approximate surface area is 215 Å². The molecule has 0 aromatic carbocycles. The van der Waals surface area contributed by atoms with Gasteiger partial charge in [-0.25, -0.2) is 13.6 Å². The first kappa shape index (κ1) is 25.8. The van der Waals surface area contributed by atoms with Gasteiger partial charge in [0.1, 0.15) is 6.17 Å². The largest absolute Gasteiger partial charge is 0.457 e. The SMILES string of the molecule is C[C@@H]1CC2C3C[C@H](F)C4=CC(=O)C=C[C@]4(C)[C@@]3(F)[C@@H](OP)C[C@]2(C)[C@@]1(OC(=O)c1ccco1)C(=O)S. The first-order chi connectivity index (χ1) is 16.9. The minimum absolute atomic E-state index is 0.0118. The number of carbonyl (C=O) groups excluding carboxylic acids is 3. The number of ether oxygens (including phenoxy) is 1. The van der Waals surface area contributed by atoms with E-state index in [0.29, 0.717) is 6.42 Å². The molecular weight excluding hydrogens is 509 g/mol. The number of rotatable bonds is 4. The van der Waals surface area contributed by atoms with Crippen molar-refractivity contribution in [2.45, 2.75) is 63.6 Å². The summed E-state index contributed by atoms with van der Waals surface area (Å²) in [7, 11) is 2.10. The lowest BCUT2D eigenvalue weighted by molar-refractivity contribution is -0.212. The zero-order valence-corrected chi connectivity index (χ0v) is 22.3. The zero-order chi connectivity index (χ0) is 26.3. The number of esters is 1. The third kappa shape index (κ3) is 3.05. The molecule has 1 aromatic rings. The highest BCUT2D eigenvalue weighted by molar-refractivity contribution is 7.96. The van der Waals surface area contributed by atoms with E-state index in [4.69, 9.17) is 13.7 Å². The maximum Gasteiger partial charge on any atom is 0.375 e. The van der Waals surface area contributed by atoms with Crippen LogP contribution in [0.25, 0.3) is 0 Å².